The van der Waals surface area contributed by atoms with E-state index in [1.54, 1.807) is 17.5 Å². The maximum Gasteiger partial charge on any atom is 0.228 e. The second-order valence-electron chi connectivity index (χ2n) is 5.38. The fourth-order valence-electron chi connectivity index (χ4n) is 2.75. The molecule has 0 spiro atoms. The van der Waals surface area contributed by atoms with Crippen LogP contribution in [0.15, 0.2) is 23.8 Å². The largest absolute Gasteiger partial charge is 0.340 e. The third-order valence-corrected chi connectivity index (χ3v) is 4.92. The molecule has 3 heterocycles. The van der Waals surface area contributed by atoms with E-state index < -0.39 is 0 Å². The van der Waals surface area contributed by atoms with Crippen molar-refractivity contribution in [1.29, 1.82) is 0 Å². The number of carbonyl (C=O) groups excluding carboxylic acids is 1. The molecular weight excluding hydrogens is 284 g/mol. The Kier molecular flexibility index (Phi) is 4.34. The molecule has 0 N–H and O–H groups in total. The van der Waals surface area contributed by atoms with Crippen LogP contribution in [-0.4, -0.2) is 38.7 Å². The van der Waals surface area contributed by atoms with Gasteiger partial charge in [-0.25, -0.2) is 4.98 Å². The fourth-order valence-corrected chi connectivity index (χ4v) is 3.50. The number of hydrogen-bond donors (Lipinski definition) is 0. The molecule has 21 heavy (non-hydrogen) atoms. The molecule has 0 aromatic carbocycles. The van der Waals surface area contributed by atoms with Crippen molar-refractivity contribution in [2.24, 2.45) is 0 Å². The molecule has 2 aromatic heterocycles. The van der Waals surface area contributed by atoms with Gasteiger partial charge >= 0.3 is 0 Å². The third kappa shape index (κ3) is 3.32. The molecule has 1 aliphatic heterocycles. The second-order valence-corrected chi connectivity index (χ2v) is 6.33. The van der Waals surface area contributed by atoms with Crippen molar-refractivity contribution in [1.82, 2.24) is 19.7 Å². The van der Waals surface area contributed by atoms with Crippen LogP contribution in [0.4, 0.5) is 0 Å². The van der Waals surface area contributed by atoms with Crippen LogP contribution in [0.2, 0.25) is 0 Å². The molecule has 1 amide bonds. The normalized spacial score (nSPS) is 18.9. The van der Waals surface area contributed by atoms with Crippen molar-refractivity contribution in [3.63, 3.8) is 0 Å². The molecule has 3 rings (SSSR count). The first kappa shape index (κ1) is 14.3. The quantitative estimate of drug-likeness (QED) is 0.871. The summed E-state index contributed by atoms with van der Waals surface area (Å²) in [7, 11) is 0. The lowest BCUT2D eigenvalue weighted by Crippen LogP contribution is -2.41. The number of likely N-dealkylation sites (tertiary alicyclic amines) is 1. The van der Waals surface area contributed by atoms with Gasteiger partial charge in [-0.05, 0) is 25.3 Å². The minimum Gasteiger partial charge on any atom is -0.340 e. The first-order valence-electron chi connectivity index (χ1n) is 7.46. The number of piperidine rings is 1. The highest BCUT2D eigenvalue weighted by atomic mass is 32.1. The van der Waals surface area contributed by atoms with Gasteiger partial charge in [-0.1, -0.05) is 6.92 Å². The molecule has 1 fully saturated rings. The van der Waals surface area contributed by atoms with Gasteiger partial charge in [0.25, 0.3) is 0 Å². The zero-order chi connectivity index (χ0) is 14.7. The van der Waals surface area contributed by atoms with E-state index in [2.05, 4.69) is 17.0 Å². The summed E-state index contributed by atoms with van der Waals surface area (Å²) in [5.41, 5.74) is 0.906. The summed E-state index contributed by atoms with van der Waals surface area (Å²) < 4.78 is 1.97. The van der Waals surface area contributed by atoms with E-state index in [4.69, 9.17) is 0 Å². The summed E-state index contributed by atoms with van der Waals surface area (Å²) in [6.07, 6.45) is 7.25. The van der Waals surface area contributed by atoms with Crippen LogP contribution in [-0.2, 0) is 17.6 Å². The number of thiazole rings is 1. The first-order chi connectivity index (χ1) is 10.3. The van der Waals surface area contributed by atoms with E-state index in [1.807, 2.05) is 27.2 Å². The SMILES string of the molecule is CCc1nc(CC(=O)N2CCC[C@H](n3cccn3)C2)cs1. The highest BCUT2D eigenvalue weighted by Crippen LogP contribution is 2.21. The fraction of sp³-hybridized carbons (Fsp3) is 0.533. The maximum absolute atomic E-state index is 12.4. The lowest BCUT2D eigenvalue weighted by Gasteiger charge is -2.32. The minimum absolute atomic E-state index is 0.180. The van der Waals surface area contributed by atoms with Gasteiger partial charge < -0.3 is 4.90 Å². The van der Waals surface area contributed by atoms with Crippen LogP contribution < -0.4 is 0 Å². The Morgan fingerprint density at radius 1 is 1.52 bits per heavy atom. The number of hydrogen-bond acceptors (Lipinski definition) is 4. The van der Waals surface area contributed by atoms with Crippen LogP contribution in [0, 0.1) is 0 Å². The molecular formula is C15H20N4OS. The predicted molar refractivity (Wildman–Crippen MR) is 82.3 cm³/mol. The van der Waals surface area contributed by atoms with E-state index in [0.29, 0.717) is 12.5 Å². The summed E-state index contributed by atoms with van der Waals surface area (Å²) >= 11 is 1.64. The van der Waals surface area contributed by atoms with Gasteiger partial charge in [-0.3, -0.25) is 9.48 Å². The maximum atomic E-state index is 12.4. The van der Waals surface area contributed by atoms with E-state index in [9.17, 15) is 4.79 Å². The Balaban J connectivity index is 1.61. The van der Waals surface area contributed by atoms with Gasteiger partial charge in [-0.2, -0.15) is 5.10 Å². The molecule has 1 saturated heterocycles. The summed E-state index contributed by atoms with van der Waals surface area (Å²) in [4.78, 5) is 18.9. The van der Waals surface area contributed by atoms with Crippen LogP contribution in [0.25, 0.3) is 0 Å². The number of rotatable bonds is 4. The highest BCUT2D eigenvalue weighted by Gasteiger charge is 2.25. The Morgan fingerprint density at radius 2 is 2.43 bits per heavy atom. The van der Waals surface area contributed by atoms with E-state index in [-0.39, 0.29) is 5.91 Å². The Hall–Kier alpha value is -1.69. The molecule has 0 unspecified atom stereocenters. The van der Waals surface area contributed by atoms with Gasteiger partial charge in [-0.15, -0.1) is 11.3 Å². The number of aromatic nitrogens is 3. The van der Waals surface area contributed by atoms with Crippen molar-refractivity contribution >= 4 is 17.2 Å². The second kappa shape index (κ2) is 6.39. The lowest BCUT2D eigenvalue weighted by molar-refractivity contribution is -0.132. The molecule has 5 nitrogen and oxygen atoms in total. The number of aryl methyl sites for hydroxylation is 1. The molecule has 0 bridgehead atoms. The van der Waals surface area contributed by atoms with Crippen LogP contribution in [0.5, 0.6) is 0 Å². The number of amides is 1. The summed E-state index contributed by atoms with van der Waals surface area (Å²) in [5, 5.41) is 7.41. The van der Waals surface area contributed by atoms with Crippen molar-refractivity contribution in [3.05, 3.63) is 34.5 Å². The Bertz CT molecular complexity index is 593. The summed E-state index contributed by atoms with van der Waals surface area (Å²) in [6, 6.07) is 2.24. The first-order valence-corrected chi connectivity index (χ1v) is 8.34. The number of carbonyl (C=O) groups is 1. The van der Waals surface area contributed by atoms with Crippen molar-refractivity contribution in [3.8, 4) is 0 Å². The number of nitrogens with zero attached hydrogens (tertiary/aromatic N) is 4. The van der Waals surface area contributed by atoms with Crippen LogP contribution in [0.1, 0.15) is 36.5 Å². The average molecular weight is 304 g/mol. The lowest BCUT2D eigenvalue weighted by atomic mass is 10.1. The van der Waals surface area contributed by atoms with E-state index >= 15 is 0 Å². The summed E-state index contributed by atoms with van der Waals surface area (Å²) in [6.45, 7) is 3.69. The van der Waals surface area contributed by atoms with Gasteiger partial charge in [0.1, 0.15) is 0 Å². The highest BCUT2D eigenvalue weighted by molar-refractivity contribution is 7.09. The third-order valence-electron chi connectivity index (χ3n) is 3.88. The zero-order valence-corrected chi connectivity index (χ0v) is 13.1. The average Bonchev–Trinajstić information content (AvgIpc) is 3.18. The Morgan fingerprint density at radius 3 is 3.14 bits per heavy atom. The molecule has 6 heteroatoms. The van der Waals surface area contributed by atoms with E-state index in [0.717, 1.165) is 43.1 Å². The summed E-state index contributed by atoms with van der Waals surface area (Å²) in [5.74, 6) is 0.180. The van der Waals surface area contributed by atoms with Crippen LogP contribution >= 0.6 is 11.3 Å². The van der Waals surface area contributed by atoms with Gasteiger partial charge in [0, 0.05) is 30.9 Å². The molecule has 0 saturated carbocycles. The monoisotopic (exact) mass is 304 g/mol. The molecule has 1 aliphatic rings. The smallest absolute Gasteiger partial charge is 0.228 e. The predicted octanol–water partition coefficient (Wildman–Crippen LogP) is 2.31. The van der Waals surface area contributed by atoms with Crippen molar-refractivity contribution in [2.45, 2.75) is 38.6 Å². The molecule has 2 aromatic rings. The van der Waals surface area contributed by atoms with Crippen LogP contribution in [0.3, 0.4) is 0 Å². The van der Waals surface area contributed by atoms with Crippen molar-refractivity contribution < 1.29 is 4.79 Å². The molecule has 1 atom stereocenters. The molecule has 112 valence electrons. The topological polar surface area (TPSA) is 51.0 Å². The van der Waals surface area contributed by atoms with Gasteiger partial charge in [0.2, 0.25) is 5.91 Å². The molecule has 0 radical (unpaired) electrons. The molecule has 0 aliphatic carbocycles. The van der Waals surface area contributed by atoms with Gasteiger partial charge in [0.05, 0.1) is 23.2 Å². The van der Waals surface area contributed by atoms with Crippen molar-refractivity contribution in [2.75, 3.05) is 13.1 Å². The minimum atomic E-state index is 0.180. The zero-order valence-electron chi connectivity index (χ0n) is 12.2. The van der Waals surface area contributed by atoms with E-state index in [1.165, 1.54) is 0 Å². The van der Waals surface area contributed by atoms with Gasteiger partial charge in [0.15, 0.2) is 0 Å². The Labute approximate surface area is 128 Å². The standard InChI is InChI=1S/C15H20N4OS/c1-2-14-17-12(11-21-14)9-15(20)18-7-3-5-13(10-18)19-8-4-6-16-19/h4,6,8,11,13H,2-3,5,7,9-10H2,1H3/t13-/m0/s1.